The van der Waals surface area contributed by atoms with E-state index in [9.17, 15) is 94.2 Å². The quantitative estimate of drug-likeness (QED) is 0.0105. The number of aliphatic hydroxyl groups excluding tert-OH is 4. The Morgan fingerprint density at radius 1 is 0.352 bits per heavy atom. The number of methoxy groups -OCH3 is 2. The van der Waals surface area contributed by atoms with Crippen molar-refractivity contribution in [2.45, 2.75) is 295 Å². The number of ether oxygens (including phenoxy) is 21. The van der Waals surface area contributed by atoms with Crippen molar-refractivity contribution < 1.29 is 144 Å². The summed E-state index contributed by atoms with van der Waals surface area (Å²) in [5, 5.41) is 80.3. The monoisotopic (exact) mass is 2030 g/mol. The third kappa shape index (κ3) is 30.2. The fourth-order valence-electron chi connectivity index (χ4n) is 17.2. The highest BCUT2D eigenvalue weighted by atomic mass is 16.8. The van der Waals surface area contributed by atoms with Gasteiger partial charge in [0.15, 0.2) is 81.0 Å². The van der Waals surface area contributed by atoms with Crippen LogP contribution in [0.2, 0.25) is 0 Å². The van der Waals surface area contributed by atoms with Gasteiger partial charge in [0.2, 0.25) is 0 Å². The molecule has 8 fully saturated rings. The van der Waals surface area contributed by atoms with Crippen molar-refractivity contribution in [1.82, 2.24) is 9.80 Å². The van der Waals surface area contributed by atoms with Gasteiger partial charge >= 0.3 is 30.1 Å². The fourth-order valence-corrected chi connectivity index (χ4v) is 17.2. The number of aliphatic hydroxyl groups is 4. The van der Waals surface area contributed by atoms with E-state index in [0.717, 1.165) is 43.0 Å². The molecule has 0 saturated carbocycles. The Kier molecular flexibility index (Phi) is 43.4. The molecule has 2 amide bonds. The Bertz CT molecular complexity index is 5450. The summed E-state index contributed by atoms with van der Waals surface area (Å²) in [5.74, 6) is -2.63. The van der Waals surface area contributed by atoms with E-state index in [4.69, 9.17) is 105 Å². The van der Waals surface area contributed by atoms with Gasteiger partial charge in [-0.2, -0.15) is 0 Å². The van der Waals surface area contributed by atoms with Crippen LogP contribution < -0.4 is 0 Å². The van der Waals surface area contributed by atoms with Crippen LogP contribution in [0.25, 0.3) is 104 Å². The number of hydrogen-bond acceptors (Lipinski definition) is 40. The molecule has 62 heteroatoms. The van der Waals surface area contributed by atoms with Crippen LogP contribution in [0.4, 0.5) is 9.59 Å². The molecule has 0 aliphatic carbocycles. The van der Waals surface area contributed by atoms with E-state index in [1.54, 1.807) is 6.92 Å². The van der Waals surface area contributed by atoms with Crippen LogP contribution in [0.5, 0.6) is 0 Å². The molecule has 12 rings (SSSR count). The van der Waals surface area contributed by atoms with E-state index in [1.807, 2.05) is 121 Å². The van der Waals surface area contributed by atoms with Crippen LogP contribution >= 0.6 is 0 Å². The van der Waals surface area contributed by atoms with Crippen LogP contribution in [-0.4, -0.2) is 316 Å². The minimum Gasteiger partial charge on any atom is -0.458 e. The molecule has 8 aliphatic heterocycles. The van der Waals surface area contributed by atoms with Gasteiger partial charge in [0.25, 0.3) is 0 Å². The lowest BCUT2D eigenvalue weighted by atomic mass is 9.96. The summed E-state index contributed by atoms with van der Waals surface area (Å²) in [6.07, 6.45) is -46.0. The van der Waals surface area contributed by atoms with Crippen molar-refractivity contribution >= 4 is 30.1 Å². The van der Waals surface area contributed by atoms with Gasteiger partial charge < -0.3 is 130 Å². The topological polar surface area (TPSA) is 854 Å². The zero-order valence-electron chi connectivity index (χ0n) is 78.3. The summed E-state index contributed by atoms with van der Waals surface area (Å²) in [5.41, 5.74) is 98.0. The number of rotatable bonds is 43. The highest BCUT2D eigenvalue weighted by Crippen LogP contribution is 2.43. The van der Waals surface area contributed by atoms with Gasteiger partial charge in [-0.05, 0) is 110 Å². The summed E-state index contributed by atoms with van der Waals surface area (Å²) in [6, 6.07) is 31.1. The summed E-state index contributed by atoms with van der Waals surface area (Å²) in [7, 11) is 2.41. The molecule has 8 heterocycles. The smallest absolute Gasteiger partial charge is 0.410 e. The van der Waals surface area contributed by atoms with Gasteiger partial charge in [-0.15, -0.1) is 0 Å². The van der Waals surface area contributed by atoms with Gasteiger partial charge in [-0.3, -0.25) is 14.4 Å². The Hall–Kier alpha value is -13.9. The van der Waals surface area contributed by atoms with Crippen molar-refractivity contribution in [3.8, 4) is 0 Å². The average Bonchev–Trinajstić information content (AvgIpc) is 1.57. The van der Waals surface area contributed by atoms with E-state index in [2.05, 4.69) is 100 Å². The number of hydrogen-bond donors (Lipinski definition) is 4. The Morgan fingerprint density at radius 3 is 1.14 bits per heavy atom. The summed E-state index contributed by atoms with van der Waals surface area (Å²) in [4.78, 5) is 96.5. The van der Waals surface area contributed by atoms with Crippen molar-refractivity contribution in [3.63, 3.8) is 0 Å². The number of benzene rings is 4. The number of carbonyl (C=O) groups excluding carboxylic acids is 5. The largest absolute Gasteiger partial charge is 0.458 e. The maximum absolute atomic E-state index is 13.8. The van der Waals surface area contributed by atoms with Gasteiger partial charge in [0, 0.05) is 97.2 Å². The van der Waals surface area contributed by atoms with E-state index in [-0.39, 0.29) is 71.5 Å². The van der Waals surface area contributed by atoms with Crippen LogP contribution in [0, 0.1) is 0 Å². The van der Waals surface area contributed by atoms with Gasteiger partial charge in [0.05, 0.1) is 75.4 Å². The highest BCUT2D eigenvalue weighted by molar-refractivity contribution is 5.69. The molecule has 4 aromatic carbocycles. The van der Waals surface area contributed by atoms with Gasteiger partial charge in [-0.25, -0.2) is 9.59 Å². The van der Waals surface area contributed by atoms with Crippen molar-refractivity contribution in [3.05, 3.63) is 248 Å². The lowest BCUT2D eigenvalue weighted by Gasteiger charge is -2.46. The first-order chi connectivity index (χ1) is 70.3. The molecule has 0 spiro atoms. The molecule has 0 bridgehead atoms. The molecule has 776 valence electrons. The lowest BCUT2D eigenvalue weighted by molar-refractivity contribution is -0.326. The summed E-state index contributed by atoms with van der Waals surface area (Å²) < 4.78 is 127. The number of amides is 2. The van der Waals surface area contributed by atoms with Crippen LogP contribution in [0.1, 0.15) is 82.1 Å². The minimum atomic E-state index is -1.87. The number of nitrogens with zero attached hydrogens (tertiary/aromatic N) is 32. The molecular weight excluding hydrogens is 1930 g/mol. The number of azide groups is 10. The zero-order chi connectivity index (χ0) is 104. The van der Waals surface area contributed by atoms with Crippen LogP contribution in [0.3, 0.4) is 0 Å². The Labute approximate surface area is 821 Å². The van der Waals surface area contributed by atoms with Crippen LogP contribution in [0.15, 0.2) is 172 Å². The third-order valence-electron chi connectivity index (χ3n) is 23.7. The molecule has 34 atom stereocenters. The second kappa shape index (κ2) is 56.4. The molecule has 0 aromatic heterocycles. The first kappa shape index (κ1) is 111. The van der Waals surface area contributed by atoms with Crippen molar-refractivity contribution in [2.24, 2.45) is 51.1 Å². The number of esters is 3. The number of carbonyl (C=O) groups is 5. The molecule has 8 saturated heterocycles. The molecule has 4 N–H and O–H groups in total. The maximum Gasteiger partial charge on any atom is 0.410 e. The first-order valence-electron chi connectivity index (χ1n) is 45.1. The second-order valence-electron chi connectivity index (χ2n) is 33.1. The average molecular weight is 2030 g/mol. The van der Waals surface area contributed by atoms with Crippen molar-refractivity contribution in [2.75, 3.05) is 47.0 Å². The van der Waals surface area contributed by atoms with E-state index < -0.39 is 259 Å². The Balaban J connectivity index is 0.000000278. The zero-order valence-corrected chi connectivity index (χ0v) is 78.3. The highest BCUT2D eigenvalue weighted by Gasteiger charge is 2.60. The van der Waals surface area contributed by atoms with Crippen LogP contribution in [-0.2, 0) is 140 Å². The molecule has 4 aromatic rings. The maximum atomic E-state index is 13.8. The third-order valence-corrected chi connectivity index (χ3v) is 23.7. The molecule has 8 aliphatic rings. The Morgan fingerprint density at radius 2 is 0.717 bits per heavy atom. The van der Waals surface area contributed by atoms with Crippen molar-refractivity contribution in [1.29, 1.82) is 0 Å². The fraction of sp³-hybridized carbons (Fsp3) is 0.651. The minimum absolute atomic E-state index is 0.00882. The molecule has 62 nitrogen and oxygen atoms in total. The predicted molar refractivity (Wildman–Crippen MR) is 484 cm³/mol. The molecule has 0 radical (unpaired) electrons. The molecule has 0 unspecified atom stereocenters. The van der Waals surface area contributed by atoms with E-state index >= 15 is 0 Å². The summed E-state index contributed by atoms with van der Waals surface area (Å²) >= 11 is 0. The van der Waals surface area contributed by atoms with Gasteiger partial charge in [0.1, 0.15) is 98.5 Å². The molecular formula is C83H104N32O30. The molecule has 145 heavy (non-hydrogen) atoms. The lowest BCUT2D eigenvalue weighted by Crippen LogP contribution is -2.62. The second-order valence-corrected chi connectivity index (χ2v) is 33.1. The van der Waals surface area contributed by atoms with E-state index in [0.29, 0.717) is 0 Å². The first-order valence-corrected chi connectivity index (χ1v) is 45.1. The summed E-state index contributed by atoms with van der Waals surface area (Å²) in [6.45, 7) is 3.17. The predicted octanol–water partition coefficient (Wildman–Crippen LogP) is 11.1. The van der Waals surface area contributed by atoms with Gasteiger partial charge in [-0.1, -0.05) is 179 Å². The SMILES string of the molecule is CC[C@H]1O[C@@H](O[C@@H]2[C@@H](OC)[C@H](N=[N+]=[N-])O[C@H](N=[N+]=[N-])[C@H]2O[C@H]2O[C@H](CN(Cc3ccccc3)C(=O)OCc3ccccc3)CC[C@H]2N=[N+]=[N-])[C@H](OC(C)=O)[C@@H]1O[C@H]1O[C@@H](CN=[N+]=[N-])[C@@H](OC(C)=O)[C@H](OC(C)=O)[C@H]1N=[N+]=[N-].CO[C@@H]1[C@@H](O[C@@H]2O[C@H](CO)[C@@H](O[C@H]3O[C@@H](CN=[N+]=[N-])[C@@H](O)[C@H](O)[C@H]3N=[N+]=[N-])[C@H]2O)[C@H](O[C@H]2O[C@H](CN(Cc3ccccc3)C(=O)OCc3ccccc3)CC[C@H]2N=[N+]=[N-])[C@@H](N=[N+]=[N-])O[C@H]1N=[N+]=[N-]. The normalized spacial score (nSPS) is 32.8. The van der Waals surface area contributed by atoms with E-state index in [1.165, 1.54) is 24.0 Å². The standard InChI is InChI=1S/C45H56N16O16.C38H48N16O14/c1-6-30-33(74-43-32(53-58-48)35(69-24(3)63)34(68-23(2)62)31(73-43)19-51-56-46)39(70-25(4)64)44(72-30)75-36-37(66-5)40(54-59-49)77-41(55-60-50)38(36)76-42-29(52-57-47)18-17-28(71-42)21-61(20-26-13-9-7-10-14-26)45(65)67-22-27-15-11-8-12-16-27;1-60-31-30(66-37-28(58)29(24(17-55)64-37)65-36-25(46-51-41)27(57)26(56)23(63-36)14-44-49-39)32(34(48-53-43)68-33(31)47-52-42)67-35-22(45-50-40)13-12-21(62-35)16-54(15-19-8-4-2-5-9-19)38(59)61-18-20-10-6-3-7-11-20/h7-16,28-44H,6,17-22H2,1-5H3;2-11,21-37,55-58H,12-18H2,1H3/t28-,29+,30+,31-,32+,33+,34+,35+,36+,37+,38-,39+,40+,41-,42+,43+,44-;21-,22+,23-,24+,25+,26+,27+,28+,29+,30+,31+,32-,33+,34-,35+,36+,37-/m00/s1.